The Balaban J connectivity index is 1.12. The van der Waals surface area contributed by atoms with Crippen LogP contribution in [0, 0.1) is 0 Å². The second-order valence-electron chi connectivity index (χ2n) is 9.91. The van der Waals surface area contributed by atoms with Crippen LogP contribution in [0.1, 0.15) is 29.2 Å². The third-order valence-electron chi connectivity index (χ3n) is 7.67. The molecular formula is C28H34N6O2. The highest BCUT2D eigenvalue weighted by Gasteiger charge is 2.34. The predicted octanol–water partition coefficient (Wildman–Crippen LogP) is 2.88. The number of nitrogens with one attached hydrogen (secondary N) is 2. The van der Waals surface area contributed by atoms with Gasteiger partial charge in [0.15, 0.2) is 0 Å². The minimum absolute atomic E-state index is 0.152. The van der Waals surface area contributed by atoms with E-state index >= 15 is 0 Å². The van der Waals surface area contributed by atoms with Crippen molar-refractivity contribution in [1.29, 1.82) is 0 Å². The molecule has 4 heterocycles. The highest BCUT2D eigenvalue weighted by molar-refractivity contribution is 5.63. The summed E-state index contributed by atoms with van der Waals surface area (Å²) >= 11 is 0. The number of fused-ring (bicyclic) bond motifs is 1. The van der Waals surface area contributed by atoms with Crippen LogP contribution in [0.2, 0.25) is 0 Å². The van der Waals surface area contributed by atoms with Crippen LogP contribution in [-0.2, 0) is 17.7 Å². The average molecular weight is 487 g/mol. The molecule has 3 N–H and O–H groups in total. The third-order valence-corrected chi connectivity index (χ3v) is 7.67. The molecular weight excluding hydrogens is 452 g/mol. The summed E-state index contributed by atoms with van der Waals surface area (Å²) in [5.41, 5.74) is 5.00. The summed E-state index contributed by atoms with van der Waals surface area (Å²) in [5.74, 6) is 1.58. The lowest BCUT2D eigenvalue weighted by Gasteiger charge is -2.43. The number of β-amino-alcohol motifs (C(OH)–C–C–N with tert-alkyl or cyclic N) is 1. The van der Waals surface area contributed by atoms with E-state index in [4.69, 9.17) is 4.74 Å². The number of hydrogen-bond acceptors (Lipinski definition) is 8. The molecule has 0 spiro atoms. The first-order chi connectivity index (χ1) is 17.7. The van der Waals surface area contributed by atoms with E-state index in [0.717, 1.165) is 68.5 Å². The number of ether oxygens (including phenoxy) is 1. The van der Waals surface area contributed by atoms with Gasteiger partial charge in [0, 0.05) is 50.5 Å². The Morgan fingerprint density at radius 1 is 1.03 bits per heavy atom. The number of aliphatic hydroxyl groups is 1. The SMILES string of the molecule is OC1CN(c2cc(Nc3ccccc3C3COCCN3)ncn2)CCC1N1CCc2ccccc2C1. The summed E-state index contributed by atoms with van der Waals surface area (Å²) in [6.07, 6.45) is 3.14. The summed E-state index contributed by atoms with van der Waals surface area (Å²) in [4.78, 5) is 13.6. The minimum atomic E-state index is -0.423. The number of benzene rings is 2. The standard InChI is InChI=1S/C28H34N6O2/c35-26-17-34(13-10-25(26)33-12-9-20-5-1-2-6-21(20)16-33)28-15-27(30-19-31-28)32-23-8-4-3-7-22(23)24-18-36-14-11-29-24/h1-8,15,19,24-26,29,35H,9-14,16-18H2,(H,30,31,32). The van der Waals surface area contributed by atoms with Gasteiger partial charge in [-0.15, -0.1) is 0 Å². The zero-order valence-corrected chi connectivity index (χ0v) is 20.5. The van der Waals surface area contributed by atoms with Crippen molar-refractivity contribution in [2.75, 3.05) is 49.6 Å². The fourth-order valence-electron chi connectivity index (χ4n) is 5.76. The molecule has 0 radical (unpaired) electrons. The quantitative estimate of drug-likeness (QED) is 0.508. The van der Waals surface area contributed by atoms with Gasteiger partial charge < -0.3 is 25.4 Å². The Hall–Kier alpha value is -3.04. The van der Waals surface area contributed by atoms with E-state index in [2.05, 4.69) is 72.9 Å². The smallest absolute Gasteiger partial charge is 0.135 e. The van der Waals surface area contributed by atoms with Crippen LogP contribution in [0.3, 0.4) is 0 Å². The minimum Gasteiger partial charge on any atom is -0.390 e. The monoisotopic (exact) mass is 486 g/mol. The second-order valence-corrected chi connectivity index (χ2v) is 9.91. The third kappa shape index (κ3) is 4.95. The topological polar surface area (TPSA) is 85.8 Å². The summed E-state index contributed by atoms with van der Waals surface area (Å²) in [7, 11) is 0. The fourth-order valence-corrected chi connectivity index (χ4v) is 5.76. The molecule has 0 bridgehead atoms. The van der Waals surface area contributed by atoms with Crippen molar-refractivity contribution in [2.24, 2.45) is 0 Å². The first-order valence-corrected chi connectivity index (χ1v) is 13.0. The molecule has 1 aromatic heterocycles. The molecule has 3 aliphatic heterocycles. The van der Waals surface area contributed by atoms with Crippen molar-refractivity contribution in [3.05, 3.63) is 77.6 Å². The van der Waals surface area contributed by atoms with Crippen molar-refractivity contribution in [2.45, 2.75) is 37.6 Å². The number of rotatable bonds is 5. The van der Waals surface area contributed by atoms with E-state index in [-0.39, 0.29) is 12.1 Å². The molecule has 3 aromatic rings. The van der Waals surface area contributed by atoms with Gasteiger partial charge in [0.25, 0.3) is 0 Å². The zero-order valence-electron chi connectivity index (χ0n) is 20.5. The Kier molecular flexibility index (Phi) is 6.83. The Morgan fingerprint density at radius 3 is 2.75 bits per heavy atom. The van der Waals surface area contributed by atoms with Gasteiger partial charge >= 0.3 is 0 Å². The van der Waals surface area contributed by atoms with Crippen molar-refractivity contribution in [1.82, 2.24) is 20.2 Å². The zero-order chi connectivity index (χ0) is 24.3. The molecule has 0 aliphatic carbocycles. The van der Waals surface area contributed by atoms with Gasteiger partial charge in [-0.25, -0.2) is 9.97 Å². The highest BCUT2D eigenvalue weighted by atomic mass is 16.5. The van der Waals surface area contributed by atoms with Crippen molar-refractivity contribution >= 4 is 17.3 Å². The van der Waals surface area contributed by atoms with E-state index in [0.29, 0.717) is 13.2 Å². The number of aliphatic hydroxyl groups excluding tert-OH is 1. The van der Waals surface area contributed by atoms with Gasteiger partial charge in [-0.3, -0.25) is 4.90 Å². The molecule has 2 fully saturated rings. The Labute approximate surface area is 212 Å². The number of piperidine rings is 1. The molecule has 8 nitrogen and oxygen atoms in total. The molecule has 2 saturated heterocycles. The largest absolute Gasteiger partial charge is 0.390 e. The van der Waals surface area contributed by atoms with Crippen LogP contribution in [0.4, 0.5) is 17.3 Å². The van der Waals surface area contributed by atoms with Gasteiger partial charge in [-0.05, 0) is 35.6 Å². The molecule has 6 rings (SSSR count). The molecule has 2 aromatic carbocycles. The van der Waals surface area contributed by atoms with Crippen molar-refractivity contribution in [3.8, 4) is 0 Å². The molecule has 0 saturated carbocycles. The molecule has 8 heteroatoms. The normalized spacial score (nSPS) is 24.8. The highest BCUT2D eigenvalue weighted by Crippen LogP contribution is 2.30. The van der Waals surface area contributed by atoms with Crippen LogP contribution in [0.25, 0.3) is 0 Å². The van der Waals surface area contributed by atoms with Crippen LogP contribution < -0.4 is 15.5 Å². The van der Waals surface area contributed by atoms with E-state index in [1.807, 2.05) is 12.1 Å². The lowest BCUT2D eigenvalue weighted by Crippen LogP contribution is -2.55. The van der Waals surface area contributed by atoms with Gasteiger partial charge in [0.05, 0.1) is 25.4 Å². The van der Waals surface area contributed by atoms with E-state index < -0.39 is 6.10 Å². The molecule has 188 valence electrons. The predicted molar refractivity (Wildman–Crippen MR) is 141 cm³/mol. The molecule has 3 aliphatic rings. The summed E-state index contributed by atoms with van der Waals surface area (Å²) in [6.45, 7) is 5.59. The van der Waals surface area contributed by atoms with Crippen molar-refractivity contribution < 1.29 is 9.84 Å². The maximum atomic E-state index is 11.1. The van der Waals surface area contributed by atoms with E-state index in [1.54, 1.807) is 6.33 Å². The van der Waals surface area contributed by atoms with Gasteiger partial charge in [0.2, 0.25) is 0 Å². The van der Waals surface area contributed by atoms with E-state index in [1.165, 1.54) is 11.1 Å². The lowest BCUT2D eigenvalue weighted by molar-refractivity contribution is 0.0293. The van der Waals surface area contributed by atoms with Crippen LogP contribution in [-0.4, -0.2) is 71.5 Å². The molecule has 0 amide bonds. The summed E-state index contributed by atoms with van der Waals surface area (Å²) < 4.78 is 5.67. The Bertz CT molecular complexity index is 1180. The Morgan fingerprint density at radius 2 is 1.89 bits per heavy atom. The van der Waals surface area contributed by atoms with Crippen LogP contribution in [0.15, 0.2) is 60.9 Å². The van der Waals surface area contributed by atoms with Gasteiger partial charge in [-0.1, -0.05) is 42.5 Å². The molecule has 36 heavy (non-hydrogen) atoms. The number of para-hydroxylation sites is 1. The summed E-state index contributed by atoms with van der Waals surface area (Å²) in [6, 6.07) is 19.2. The fraction of sp³-hybridized carbons (Fsp3) is 0.429. The number of morpholine rings is 1. The van der Waals surface area contributed by atoms with Crippen LogP contribution in [0.5, 0.6) is 0 Å². The van der Waals surface area contributed by atoms with Gasteiger partial charge in [-0.2, -0.15) is 0 Å². The number of anilines is 3. The maximum absolute atomic E-state index is 11.1. The van der Waals surface area contributed by atoms with E-state index in [9.17, 15) is 5.11 Å². The second kappa shape index (κ2) is 10.5. The average Bonchev–Trinajstić information content (AvgIpc) is 2.94. The number of aromatic nitrogens is 2. The lowest BCUT2D eigenvalue weighted by atomic mass is 9.94. The van der Waals surface area contributed by atoms with Crippen LogP contribution >= 0.6 is 0 Å². The van der Waals surface area contributed by atoms with Gasteiger partial charge in [0.1, 0.15) is 18.0 Å². The first kappa shape index (κ1) is 23.4. The first-order valence-electron chi connectivity index (χ1n) is 13.0. The number of nitrogens with zero attached hydrogens (tertiary/aromatic N) is 4. The molecule has 3 atom stereocenters. The number of hydrogen-bond donors (Lipinski definition) is 3. The van der Waals surface area contributed by atoms with Crippen molar-refractivity contribution in [3.63, 3.8) is 0 Å². The summed E-state index contributed by atoms with van der Waals surface area (Å²) in [5, 5.41) is 18.1. The maximum Gasteiger partial charge on any atom is 0.135 e. The molecule has 3 unspecified atom stereocenters.